The maximum Gasteiger partial charge on any atom is 0.200 e. The number of ether oxygens (including phenoxy) is 2. The molecule has 6 heteroatoms. The summed E-state index contributed by atoms with van der Waals surface area (Å²) in [5.41, 5.74) is 1.13. The van der Waals surface area contributed by atoms with Gasteiger partial charge in [-0.1, -0.05) is 12.1 Å². The van der Waals surface area contributed by atoms with Gasteiger partial charge in [0.25, 0.3) is 0 Å². The van der Waals surface area contributed by atoms with E-state index in [1.54, 1.807) is 19.1 Å². The topological polar surface area (TPSA) is 38.7 Å². The van der Waals surface area contributed by atoms with Gasteiger partial charge in [0.1, 0.15) is 11.6 Å². The molecule has 4 rings (SSSR count). The molecule has 2 aromatic rings. The first-order valence-corrected chi connectivity index (χ1v) is 13.1. The van der Waals surface area contributed by atoms with Gasteiger partial charge in [-0.3, -0.25) is 0 Å². The highest BCUT2D eigenvalue weighted by atomic mass is 19.2. The third-order valence-electron chi connectivity index (χ3n) is 8.01. The van der Waals surface area contributed by atoms with Gasteiger partial charge in [-0.05, 0) is 112 Å². The van der Waals surface area contributed by atoms with Gasteiger partial charge in [-0.2, -0.15) is 4.39 Å². The van der Waals surface area contributed by atoms with Crippen LogP contribution >= 0.6 is 0 Å². The molecule has 0 amide bonds. The summed E-state index contributed by atoms with van der Waals surface area (Å²) >= 11 is 0. The Balaban J connectivity index is 1.29. The Morgan fingerprint density at radius 3 is 2.09 bits per heavy atom. The van der Waals surface area contributed by atoms with Gasteiger partial charge in [-0.15, -0.1) is 0 Å². The van der Waals surface area contributed by atoms with Crippen LogP contribution in [-0.2, 0) is 0 Å². The highest BCUT2D eigenvalue weighted by Crippen LogP contribution is 2.41. The van der Waals surface area contributed by atoms with E-state index >= 15 is 0 Å². The average molecular weight is 491 g/mol. The van der Waals surface area contributed by atoms with E-state index in [-0.39, 0.29) is 41.3 Å². The number of halogens is 3. The molecular formula is C29H37F3O3. The summed E-state index contributed by atoms with van der Waals surface area (Å²) in [5, 5.41) is 9.78. The SMILES string of the molecule is CCOc1ccc(C2CCC(COc3ccc(C4CCC(C(C)O)CC4)c(F)c3F)CC2)c(F)c1. The molecule has 0 spiro atoms. The summed E-state index contributed by atoms with van der Waals surface area (Å²) in [6.45, 7) is 4.49. The lowest BCUT2D eigenvalue weighted by Crippen LogP contribution is -2.23. The Morgan fingerprint density at radius 1 is 0.829 bits per heavy atom. The van der Waals surface area contributed by atoms with E-state index in [1.165, 1.54) is 6.07 Å². The van der Waals surface area contributed by atoms with E-state index < -0.39 is 11.6 Å². The van der Waals surface area contributed by atoms with E-state index in [1.807, 2.05) is 19.1 Å². The van der Waals surface area contributed by atoms with Crippen molar-refractivity contribution in [3.63, 3.8) is 0 Å². The molecule has 0 heterocycles. The predicted molar refractivity (Wildman–Crippen MR) is 131 cm³/mol. The highest BCUT2D eigenvalue weighted by Gasteiger charge is 2.29. The number of aliphatic hydroxyl groups excluding tert-OH is 1. The van der Waals surface area contributed by atoms with Gasteiger partial charge in [-0.25, -0.2) is 8.78 Å². The normalized spacial score (nSPS) is 25.8. The zero-order valence-electron chi connectivity index (χ0n) is 20.7. The molecule has 2 saturated carbocycles. The van der Waals surface area contributed by atoms with Gasteiger partial charge >= 0.3 is 0 Å². The molecule has 0 radical (unpaired) electrons. The van der Waals surface area contributed by atoms with Gasteiger partial charge in [0.15, 0.2) is 11.6 Å². The van der Waals surface area contributed by atoms with Crippen molar-refractivity contribution in [1.29, 1.82) is 0 Å². The Kier molecular flexibility index (Phi) is 8.64. The van der Waals surface area contributed by atoms with Crippen LogP contribution in [0, 0.1) is 29.3 Å². The fourth-order valence-electron chi connectivity index (χ4n) is 5.83. The minimum Gasteiger partial charge on any atom is -0.494 e. The number of benzene rings is 2. The summed E-state index contributed by atoms with van der Waals surface area (Å²) in [4.78, 5) is 0. The minimum atomic E-state index is -0.912. The van der Waals surface area contributed by atoms with Gasteiger partial charge in [0.2, 0.25) is 5.82 Å². The lowest BCUT2D eigenvalue weighted by molar-refractivity contribution is 0.0963. The van der Waals surface area contributed by atoms with Crippen LogP contribution in [0.5, 0.6) is 11.5 Å². The number of aliphatic hydroxyl groups is 1. The molecule has 0 bridgehead atoms. The molecule has 3 nitrogen and oxygen atoms in total. The Labute approximate surface area is 206 Å². The second kappa shape index (κ2) is 11.7. The predicted octanol–water partition coefficient (Wildman–Crippen LogP) is 7.51. The first-order valence-electron chi connectivity index (χ1n) is 13.1. The van der Waals surface area contributed by atoms with Gasteiger partial charge in [0, 0.05) is 6.07 Å². The zero-order valence-corrected chi connectivity index (χ0v) is 20.7. The molecular weight excluding hydrogens is 453 g/mol. The van der Waals surface area contributed by atoms with Crippen LogP contribution in [0.25, 0.3) is 0 Å². The summed E-state index contributed by atoms with van der Waals surface area (Å²) < 4.78 is 55.3. The van der Waals surface area contributed by atoms with E-state index in [2.05, 4.69) is 0 Å². The van der Waals surface area contributed by atoms with Crippen LogP contribution in [-0.4, -0.2) is 24.4 Å². The second-order valence-electron chi connectivity index (χ2n) is 10.3. The molecule has 0 aliphatic heterocycles. The summed E-state index contributed by atoms with van der Waals surface area (Å²) in [6, 6.07) is 8.30. The lowest BCUT2D eigenvalue weighted by Gasteiger charge is -2.31. The van der Waals surface area contributed by atoms with Crippen molar-refractivity contribution >= 4 is 0 Å². The standard InChI is InChI=1S/C29H37F3O3/c1-3-34-23-12-13-24(26(30)16-23)21-6-4-19(5-7-21)17-35-27-15-14-25(28(31)29(27)32)22-10-8-20(9-11-22)18(2)33/h12-16,18-22,33H,3-11,17H2,1-2H3. The van der Waals surface area contributed by atoms with Crippen LogP contribution < -0.4 is 9.47 Å². The van der Waals surface area contributed by atoms with Crippen LogP contribution in [0.2, 0.25) is 0 Å². The smallest absolute Gasteiger partial charge is 0.200 e. The van der Waals surface area contributed by atoms with Crippen LogP contribution in [0.3, 0.4) is 0 Å². The monoisotopic (exact) mass is 490 g/mol. The molecule has 2 fully saturated rings. The number of rotatable bonds is 8. The molecule has 0 aromatic heterocycles. The van der Waals surface area contributed by atoms with Crippen LogP contribution in [0.1, 0.15) is 88.2 Å². The molecule has 0 saturated heterocycles. The second-order valence-corrected chi connectivity index (χ2v) is 10.3. The molecule has 1 atom stereocenters. The van der Waals surface area contributed by atoms with E-state index in [4.69, 9.17) is 9.47 Å². The van der Waals surface area contributed by atoms with Crippen LogP contribution in [0.15, 0.2) is 30.3 Å². The average Bonchev–Trinajstić information content (AvgIpc) is 2.86. The number of hydrogen-bond donors (Lipinski definition) is 1. The van der Waals surface area contributed by atoms with Gasteiger partial charge in [0.05, 0.1) is 19.3 Å². The quantitative estimate of drug-likeness (QED) is 0.416. The molecule has 2 aromatic carbocycles. The molecule has 35 heavy (non-hydrogen) atoms. The van der Waals surface area contributed by atoms with Crippen LogP contribution in [0.4, 0.5) is 13.2 Å². The fourth-order valence-corrected chi connectivity index (χ4v) is 5.83. The Bertz CT molecular complexity index is 977. The molecule has 192 valence electrons. The number of hydrogen-bond acceptors (Lipinski definition) is 3. The summed E-state index contributed by atoms with van der Waals surface area (Å²) in [7, 11) is 0. The minimum absolute atomic E-state index is 0.0215. The third kappa shape index (κ3) is 6.14. The van der Waals surface area contributed by atoms with Crippen molar-refractivity contribution < 1.29 is 27.8 Å². The maximum atomic E-state index is 14.9. The van der Waals surface area contributed by atoms with Crippen molar-refractivity contribution in [3.8, 4) is 11.5 Å². The van der Waals surface area contributed by atoms with E-state index in [9.17, 15) is 18.3 Å². The van der Waals surface area contributed by atoms with Crippen molar-refractivity contribution in [2.24, 2.45) is 11.8 Å². The van der Waals surface area contributed by atoms with Crippen molar-refractivity contribution in [2.45, 2.75) is 83.2 Å². The first-order chi connectivity index (χ1) is 16.9. The zero-order chi connectivity index (χ0) is 24.9. The largest absolute Gasteiger partial charge is 0.494 e. The first kappa shape index (κ1) is 25.9. The Morgan fingerprint density at radius 2 is 1.46 bits per heavy atom. The highest BCUT2D eigenvalue weighted by molar-refractivity contribution is 5.34. The maximum absolute atomic E-state index is 14.9. The van der Waals surface area contributed by atoms with E-state index in [0.717, 1.165) is 56.9 Å². The fraction of sp³-hybridized carbons (Fsp3) is 0.586. The molecule has 2 aliphatic rings. The molecule has 1 N–H and O–H groups in total. The van der Waals surface area contributed by atoms with E-state index in [0.29, 0.717) is 24.5 Å². The Hall–Kier alpha value is -2.21. The molecule has 2 aliphatic carbocycles. The molecule has 1 unspecified atom stereocenters. The summed E-state index contributed by atoms with van der Waals surface area (Å²) in [5.74, 6) is -0.841. The van der Waals surface area contributed by atoms with Crippen molar-refractivity contribution in [2.75, 3.05) is 13.2 Å². The lowest BCUT2D eigenvalue weighted by atomic mass is 9.77. The van der Waals surface area contributed by atoms with Crippen molar-refractivity contribution in [1.82, 2.24) is 0 Å². The third-order valence-corrected chi connectivity index (χ3v) is 8.01. The van der Waals surface area contributed by atoms with Gasteiger partial charge < -0.3 is 14.6 Å². The summed E-state index contributed by atoms with van der Waals surface area (Å²) in [6.07, 6.45) is 6.18. The van der Waals surface area contributed by atoms with Crippen molar-refractivity contribution in [3.05, 3.63) is 58.9 Å².